The molecule has 2 atom stereocenters. The Morgan fingerprint density at radius 2 is 2.17 bits per heavy atom. The average molecular weight is 317 g/mol. The molecule has 0 radical (unpaired) electrons. The largest absolute Gasteiger partial charge is 0.421 e. The molecule has 1 aromatic carbocycles. The quantitative estimate of drug-likeness (QED) is 0.855. The van der Waals surface area contributed by atoms with Gasteiger partial charge in [-0.1, -0.05) is 26.3 Å². The molecule has 6 nitrogen and oxygen atoms in total. The molecule has 0 spiro atoms. The van der Waals surface area contributed by atoms with Gasteiger partial charge in [0, 0.05) is 24.6 Å². The molecule has 6 heteroatoms. The maximum atomic E-state index is 12.3. The first-order valence-electron chi connectivity index (χ1n) is 7.74. The van der Waals surface area contributed by atoms with Gasteiger partial charge in [-0.2, -0.15) is 0 Å². The molecule has 1 heterocycles. The SMILES string of the molecule is CC[C@@H](C)[C@](C)(O)CNC(=O)c1cccc(-c2nnc(C)o2)c1. The number of hydrogen-bond donors (Lipinski definition) is 2. The minimum Gasteiger partial charge on any atom is -0.421 e. The Hall–Kier alpha value is -2.21. The molecule has 0 saturated heterocycles. The monoisotopic (exact) mass is 317 g/mol. The third-order valence-electron chi connectivity index (χ3n) is 4.18. The molecule has 1 amide bonds. The number of nitrogens with one attached hydrogen (secondary N) is 1. The molecular formula is C17H23N3O3. The normalized spacial score (nSPS) is 15.0. The van der Waals surface area contributed by atoms with Gasteiger partial charge in [0.2, 0.25) is 11.8 Å². The number of hydrogen-bond acceptors (Lipinski definition) is 5. The molecule has 0 aliphatic heterocycles. The van der Waals surface area contributed by atoms with E-state index < -0.39 is 5.60 Å². The molecule has 2 N–H and O–H groups in total. The zero-order valence-electron chi connectivity index (χ0n) is 14.0. The van der Waals surface area contributed by atoms with Gasteiger partial charge in [0.25, 0.3) is 5.91 Å². The van der Waals surface area contributed by atoms with Crippen LogP contribution in [-0.2, 0) is 0 Å². The maximum Gasteiger partial charge on any atom is 0.251 e. The molecular weight excluding hydrogens is 294 g/mol. The molecule has 1 aromatic heterocycles. The van der Waals surface area contributed by atoms with E-state index in [0.717, 1.165) is 6.42 Å². The number of carbonyl (C=O) groups is 1. The first-order valence-corrected chi connectivity index (χ1v) is 7.74. The Morgan fingerprint density at radius 3 is 2.78 bits per heavy atom. The highest BCUT2D eigenvalue weighted by atomic mass is 16.4. The van der Waals surface area contributed by atoms with Crippen LogP contribution in [0.25, 0.3) is 11.5 Å². The second-order valence-corrected chi connectivity index (χ2v) is 6.06. The Balaban J connectivity index is 2.08. The predicted molar refractivity (Wildman–Crippen MR) is 86.9 cm³/mol. The molecule has 0 unspecified atom stereocenters. The number of aromatic nitrogens is 2. The summed E-state index contributed by atoms with van der Waals surface area (Å²) in [6.07, 6.45) is 0.842. The van der Waals surface area contributed by atoms with Crippen LogP contribution < -0.4 is 5.32 Å². The van der Waals surface area contributed by atoms with Gasteiger partial charge >= 0.3 is 0 Å². The average Bonchev–Trinajstić information content (AvgIpc) is 2.98. The summed E-state index contributed by atoms with van der Waals surface area (Å²) in [5.74, 6) is 0.699. The fraction of sp³-hybridized carbons (Fsp3) is 0.471. The van der Waals surface area contributed by atoms with Crippen molar-refractivity contribution in [3.05, 3.63) is 35.7 Å². The van der Waals surface area contributed by atoms with Crippen LogP contribution in [0.5, 0.6) is 0 Å². The van der Waals surface area contributed by atoms with Crippen molar-refractivity contribution in [2.24, 2.45) is 5.92 Å². The summed E-state index contributed by atoms with van der Waals surface area (Å²) in [6, 6.07) is 6.97. The van der Waals surface area contributed by atoms with Crippen LogP contribution in [0.2, 0.25) is 0 Å². The molecule has 0 aliphatic carbocycles. The van der Waals surface area contributed by atoms with Crippen LogP contribution in [0.4, 0.5) is 0 Å². The van der Waals surface area contributed by atoms with Crippen LogP contribution in [-0.4, -0.2) is 33.4 Å². The number of amides is 1. The van der Waals surface area contributed by atoms with E-state index in [1.54, 1.807) is 38.1 Å². The fourth-order valence-corrected chi connectivity index (χ4v) is 2.18. The third kappa shape index (κ3) is 4.16. The number of nitrogens with zero attached hydrogens (tertiary/aromatic N) is 2. The van der Waals surface area contributed by atoms with E-state index in [1.165, 1.54) is 0 Å². The molecule has 124 valence electrons. The standard InChI is InChI=1S/C17H23N3O3/c1-5-11(2)17(4,22)10-18-15(21)13-7-6-8-14(9-13)16-20-19-12(3)23-16/h6-9,11,22H,5,10H2,1-4H3,(H,18,21)/t11-,17-/m1/s1. The van der Waals surface area contributed by atoms with Gasteiger partial charge < -0.3 is 14.8 Å². The predicted octanol–water partition coefficient (Wildman–Crippen LogP) is 2.57. The highest BCUT2D eigenvalue weighted by Crippen LogP contribution is 2.20. The minimum absolute atomic E-state index is 0.0931. The van der Waals surface area contributed by atoms with E-state index >= 15 is 0 Å². The number of aliphatic hydroxyl groups is 1. The minimum atomic E-state index is -0.939. The van der Waals surface area contributed by atoms with E-state index in [4.69, 9.17) is 4.42 Å². The Kier molecular flexibility index (Phi) is 5.15. The first-order chi connectivity index (χ1) is 10.8. The van der Waals surface area contributed by atoms with Crippen molar-refractivity contribution >= 4 is 5.91 Å². The number of carbonyl (C=O) groups excluding carboxylic acids is 1. The second-order valence-electron chi connectivity index (χ2n) is 6.06. The van der Waals surface area contributed by atoms with Crippen LogP contribution in [0.3, 0.4) is 0 Å². The van der Waals surface area contributed by atoms with E-state index in [2.05, 4.69) is 15.5 Å². The van der Waals surface area contributed by atoms with Crippen molar-refractivity contribution in [2.75, 3.05) is 6.54 Å². The van der Waals surface area contributed by atoms with Gasteiger partial charge in [0.1, 0.15) is 0 Å². The summed E-state index contributed by atoms with van der Waals surface area (Å²) in [5, 5.41) is 20.9. The van der Waals surface area contributed by atoms with Gasteiger partial charge in [-0.15, -0.1) is 10.2 Å². The summed E-state index contributed by atoms with van der Waals surface area (Å²) in [7, 11) is 0. The number of aryl methyl sites for hydroxylation is 1. The van der Waals surface area contributed by atoms with E-state index in [9.17, 15) is 9.90 Å². The lowest BCUT2D eigenvalue weighted by Crippen LogP contribution is -2.45. The Bertz CT molecular complexity index is 679. The van der Waals surface area contributed by atoms with E-state index in [0.29, 0.717) is 22.9 Å². The zero-order valence-corrected chi connectivity index (χ0v) is 14.0. The summed E-state index contributed by atoms with van der Waals surface area (Å²) < 4.78 is 5.37. The summed E-state index contributed by atoms with van der Waals surface area (Å²) in [4.78, 5) is 12.3. The van der Waals surface area contributed by atoms with Crippen LogP contribution in [0.15, 0.2) is 28.7 Å². The lowest BCUT2D eigenvalue weighted by atomic mass is 9.88. The van der Waals surface area contributed by atoms with Gasteiger partial charge in [0.05, 0.1) is 5.60 Å². The van der Waals surface area contributed by atoms with Crippen molar-refractivity contribution in [2.45, 2.75) is 39.7 Å². The summed E-state index contributed by atoms with van der Waals surface area (Å²) in [5.41, 5.74) is 0.233. The van der Waals surface area contributed by atoms with Crippen LogP contribution >= 0.6 is 0 Å². The highest BCUT2D eigenvalue weighted by molar-refractivity contribution is 5.95. The Labute approximate surface area is 135 Å². The Morgan fingerprint density at radius 1 is 1.43 bits per heavy atom. The van der Waals surface area contributed by atoms with Gasteiger partial charge in [-0.25, -0.2) is 0 Å². The third-order valence-corrected chi connectivity index (χ3v) is 4.18. The van der Waals surface area contributed by atoms with Gasteiger partial charge in [0.15, 0.2) is 0 Å². The van der Waals surface area contributed by atoms with Crippen molar-refractivity contribution in [3.63, 3.8) is 0 Å². The van der Waals surface area contributed by atoms with Crippen LogP contribution in [0.1, 0.15) is 43.4 Å². The number of rotatable bonds is 6. The second kappa shape index (κ2) is 6.91. The first kappa shape index (κ1) is 17.1. The molecule has 0 saturated carbocycles. The molecule has 0 bridgehead atoms. The van der Waals surface area contributed by atoms with Gasteiger partial charge in [-0.3, -0.25) is 4.79 Å². The van der Waals surface area contributed by atoms with E-state index in [1.807, 2.05) is 13.8 Å². The van der Waals surface area contributed by atoms with Crippen LogP contribution in [0, 0.1) is 12.8 Å². The lowest BCUT2D eigenvalue weighted by molar-refractivity contribution is 0.00593. The van der Waals surface area contributed by atoms with Crippen molar-refractivity contribution in [1.29, 1.82) is 0 Å². The molecule has 2 aromatic rings. The molecule has 0 fully saturated rings. The lowest BCUT2D eigenvalue weighted by Gasteiger charge is -2.29. The molecule has 0 aliphatic rings. The van der Waals surface area contributed by atoms with Gasteiger partial charge in [-0.05, 0) is 31.0 Å². The fourth-order valence-electron chi connectivity index (χ4n) is 2.18. The topological polar surface area (TPSA) is 88.2 Å². The highest BCUT2D eigenvalue weighted by Gasteiger charge is 2.27. The smallest absolute Gasteiger partial charge is 0.251 e. The zero-order chi connectivity index (χ0) is 17.0. The van der Waals surface area contributed by atoms with E-state index in [-0.39, 0.29) is 18.4 Å². The van der Waals surface area contributed by atoms with Crippen molar-refractivity contribution < 1.29 is 14.3 Å². The number of benzene rings is 1. The summed E-state index contributed by atoms with van der Waals surface area (Å²) >= 11 is 0. The summed E-state index contributed by atoms with van der Waals surface area (Å²) in [6.45, 7) is 7.62. The molecule has 23 heavy (non-hydrogen) atoms. The van der Waals surface area contributed by atoms with Crippen molar-refractivity contribution in [3.8, 4) is 11.5 Å². The van der Waals surface area contributed by atoms with Crippen molar-refractivity contribution in [1.82, 2.24) is 15.5 Å². The molecule has 2 rings (SSSR count). The maximum absolute atomic E-state index is 12.3.